The number of H-pyrrole nitrogens is 1. The number of aromatic nitrogens is 3. The third kappa shape index (κ3) is 4.13. The number of amides is 1. The van der Waals surface area contributed by atoms with E-state index in [0.717, 1.165) is 29.7 Å². The zero-order valence-corrected chi connectivity index (χ0v) is 18.4. The van der Waals surface area contributed by atoms with Crippen LogP contribution in [0.1, 0.15) is 34.5 Å². The highest BCUT2D eigenvalue weighted by molar-refractivity contribution is 6.33. The van der Waals surface area contributed by atoms with E-state index < -0.39 is 0 Å². The van der Waals surface area contributed by atoms with Crippen LogP contribution >= 0.6 is 11.6 Å². The lowest BCUT2D eigenvalue weighted by Gasteiger charge is -2.17. The number of aromatic amines is 1. The van der Waals surface area contributed by atoms with E-state index >= 15 is 0 Å². The molecule has 164 valence electrons. The van der Waals surface area contributed by atoms with E-state index in [0.29, 0.717) is 34.5 Å². The molecule has 1 aliphatic heterocycles. The van der Waals surface area contributed by atoms with Gasteiger partial charge in [-0.25, -0.2) is 4.98 Å². The third-order valence-corrected chi connectivity index (χ3v) is 6.00. The van der Waals surface area contributed by atoms with Crippen molar-refractivity contribution in [1.29, 1.82) is 0 Å². The number of fused-ring (bicyclic) bond motifs is 1. The molecule has 3 heterocycles. The maximum Gasteiger partial charge on any atom is 0.256 e. The summed E-state index contributed by atoms with van der Waals surface area (Å²) in [4.78, 5) is 22.7. The van der Waals surface area contributed by atoms with Crippen LogP contribution < -0.4 is 15.5 Å². The van der Waals surface area contributed by atoms with Gasteiger partial charge in [-0.3, -0.25) is 4.79 Å². The van der Waals surface area contributed by atoms with Crippen LogP contribution in [0.3, 0.4) is 0 Å². The molecular weight excluding hydrogens is 428 g/mol. The van der Waals surface area contributed by atoms with Crippen LogP contribution in [0, 0.1) is 6.92 Å². The SMILES string of the molecule is Cc1nocc1C(=O)NCc1ccc(Cl)c(Nc2nc3ccc(N4CCCC4)cc3[nH]2)c1. The van der Waals surface area contributed by atoms with Gasteiger partial charge in [-0.1, -0.05) is 22.8 Å². The van der Waals surface area contributed by atoms with Crippen LogP contribution in [0.15, 0.2) is 47.2 Å². The molecule has 2 aromatic heterocycles. The molecule has 32 heavy (non-hydrogen) atoms. The zero-order chi connectivity index (χ0) is 22.1. The smallest absolute Gasteiger partial charge is 0.256 e. The first-order valence-electron chi connectivity index (χ1n) is 10.6. The molecule has 0 atom stereocenters. The highest BCUT2D eigenvalue weighted by Crippen LogP contribution is 2.29. The molecule has 0 saturated carbocycles. The van der Waals surface area contributed by atoms with Gasteiger partial charge in [0.2, 0.25) is 5.95 Å². The van der Waals surface area contributed by atoms with E-state index in [1.165, 1.54) is 24.8 Å². The minimum absolute atomic E-state index is 0.237. The van der Waals surface area contributed by atoms with Crippen molar-refractivity contribution >= 4 is 45.9 Å². The molecule has 4 aromatic rings. The van der Waals surface area contributed by atoms with Gasteiger partial charge in [0.25, 0.3) is 5.91 Å². The fourth-order valence-corrected chi connectivity index (χ4v) is 4.09. The maximum absolute atomic E-state index is 12.3. The highest BCUT2D eigenvalue weighted by atomic mass is 35.5. The van der Waals surface area contributed by atoms with Crippen LogP contribution in [-0.2, 0) is 6.54 Å². The average Bonchev–Trinajstić information content (AvgIpc) is 3.54. The monoisotopic (exact) mass is 450 g/mol. The van der Waals surface area contributed by atoms with Gasteiger partial charge in [-0.05, 0) is 55.7 Å². The summed E-state index contributed by atoms with van der Waals surface area (Å²) in [5, 5.41) is 10.4. The van der Waals surface area contributed by atoms with Crippen LogP contribution in [0.25, 0.3) is 11.0 Å². The van der Waals surface area contributed by atoms with Crippen molar-refractivity contribution in [3.63, 3.8) is 0 Å². The second-order valence-electron chi connectivity index (χ2n) is 7.92. The molecule has 0 aliphatic carbocycles. The Bertz CT molecular complexity index is 1270. The number of aryl methyl sites for hydroxylation is 1. The van der Waals surface area contributed by atoms with Gasteiger partial charge in [-0.15, -0.1) is 0 Å². The first-order chi connectivity index (χ1) is 15.6. The number of rotatable bonds is 6. The van der Waals surface area contributed by atoms with Crippen molar-refractivity contribution in [2.75, 3.05) is 23.3 Å². The highest BCUT2D eigenvalue weighted by Gasteiger charge is 2.15. The van der Waals surface area contributed by atoms with Gasteiger partial charge < -0.3 is 25.0 Å². The summed E-state index contributed by atoms with van der Waals surface area (Å²) >= 11 is 6.40. The lowest BCUT2D eigenvalue weighted by atomic mass is 10.2. The Hall–Kier alpha value is -3.52. The molecule has 1 amide bonds. The van der Waals surface area contributed by atoms with E-state index in [9.17, 15) is 4.79 Å². The Morgan fingerprint density at radius 3 is 2.84 bits per heavy atom. The summed E-state index contributed by atoms with van der Waals surface area (Å²) in [6.45, 7) is 4.26. The van der Waals surface area contributed by atoms with Crippen molar-refractivity contribution < 1.29 is 9.32 Å². The number of benzene rings is 2. The molecule has 2 aromatic carbocycles. The molecule has 1 saturated heterocycles. The van der Waals surface area contributed by atoms with Crippen molar-refractivity contribution in [2.24, 2.45) is 0 Å². The van der Waals surface area contributed by atoms with Crippen molar-refractivity contribution in [3.05, 3.63) is 64.5 Å². The lowest BCUT2D eigenvalue weighted by molar-refractivity contribution is 0.0949. The number of hydrogen-bond acceptors (Lipinski definition) is 6. The van der Waals surface area contributed by atoms with Gasteiger partial charge in [0.15, 0.2) is 0 Å². The van der Waals surface area contributed by atoms with Crippen molar-refractivity contribution in [2.45, 2.75) is 26.3 Å². The van der Waals surface area contributed by atoms with Crippen LogP contribution in [0.4, 0.5) is 17.3 Å². The quantitative estimate of drug-likeness (QED) is 0.390. The molecule has 5 rings (SSSR count). The van der Waals surface area contributed by atoms with E-state index in [4.69, 9.17) is 16.1 Å². The topological polar surface area (TPSA) is 99.1 Å². The van der Waals surface area contributed by atoms with Crippen LogP contribution in [0.2, 0.25) is 5.02 Å². The summed E-state index contributed by atoms with van der Waals surface area (Å²) in [6.07, 6.45) is 3.82. The van der Waals surface area contributed by atoms with Gasteiger partial charge >= 0.3 is 0 Å². The fourth-order valence-electron chi connectivity index (χ4n) is 3.92. The Morgan fingerprint density at radius 2 is 2.06 bits per heavy atom. The Labute approximate surface area is 189 Å². The second-order valence-corrected chi connectivity index (χ2v) is 8.32. The predicted octanol–water partition coefficient (Wildman–Crippen LogP) is 4.79. The number of carbonyl (C=O) groups is 1. The molecule has 1 fully saturated rings. The summed E-state index contributed by atoms with van der Waals surface area (Å²) in [6, 6.07) is 11.8. The first-order valence-corrected chi connectivity index (χ1v) is 10.9. The number of anilines is 3. The summed E-state index contributed by atoms with van der Waals surface area (Å²) in [5.74, 6) is 0.376. The number of halogens is 1. The summed E-state index contributed by atoms with van der Waals surface area (Å²) in [5.41, 5.74) is 5.65. The Kier molecular flexibility index (Phi) is 5.45. The van der Waals surface area contributed by atoms with Gasteiger partial charge in [0, 0.05) is 25.3 Å². The lowest BCUT2D eigenvalue weighted by Crippen LogP contribution is -2.23. The number of hydrogen-bond donors (Lipinski definition) is 3. The standard InChI is InChI=1S/C23H23ClN6O2/c1-14-17(13-32-29-14)22(31)25-12-15-4-6-18(24)20(10-15)27-23-26-19-7-5-16(11-21(19)28-23)30-8-2-3-9-30/h4-7,10-11,13H,2-3,8-9,12H2,1H3,(H,25,31)(H2,26,27,28). The van der Waals surface area contributed by atoms with Crippen LogP contribution in [0.5, 0.6) is 0 Å². The van der Waals surface area contributed by atoms with E-state index in [1.807, 2.05) is 18.2 Å². The number of nitrogens with one attached hydrogen (secondary N) is 3. The first kappa shape index (κ1) is 20.4. The molecule has 0 spiro atoms. The minimum Gasteiger partial charge on any atom is -0.371 e. The molecule has 1 aliphatic rings. The van der Waals surface area contributed by atoms with E-state index in [1.54, 1.807) is 13.0 Å². The molecule has 0 bridgehead atoms. The molecule has 9 heteroatoms. The average molecular weight is 451 g/mol. The fraction of sp³-hybridized carbons (Fsp3) is 0.261. The van der Waals surface area contributed by atoms with E-state index in [2.05, 4.69) is 42.8 Å². The third-order valence-electron chi connectivity index (χ3n) is 5.67. The normalized spacial score (nSPS) is 13.6. The van der Waals surface area contributed by atoms with E-state index in [-0.39, 0.29) is 5.91 Å². The van der Waals surface area contributed by atoms with Crippen molar-refractivity contribution in [1.82, 2.24) is 20.4 Å². The number of carbonyl (C=O) groups excluding carboxylic acids is 1. The number of nitrogens with zero attached hydrogens (tertiary/aromatic N) is 3. The summed E-state index contributed by atoms with van der Waals surface area (Å²) in [7, 11) is 0. The molecule has 8 nitrogen and oxygen atoms in total. The largest absolute Gasteiger partial charge is 0.371 e. The molecular formula is C23H23ClN6O2. The Balaban J connectivity index is 1.31. The minimum atomic E-state index is -0.237. The number of imidazole rings is 1. The predicted molar refractivity (Wildman–Crippen MR) is 125 cm³/mol. The second kappa shape index (κ2) is 8.55. The summed E-state index contributed by atoms with van der Waals surface area (Å²) < 4.78 is 4.83. The van der Waals surface area contributed by atoms with Gasteiger partial charge in [0.05, 0.1) is 27.4 Å². The zero-order valence-electron chi connectivity index (χ0n) is 17.6. The van der Waals surface area contributed by atoms with Gasteiger partial charge in [0.1, 0.15) is 11.8 Å². The molecule has 0 radical (unpaired) electrons. The molecule has 0 unspecified atom stereocenters. The Morgan fingerprint density at radius 1 is 1.22 bits per heavy atom. The van der Waals surface area contributed by atoms with Crippen LogP contribution in [-0.4, -0.2) is 34.1 Å². The van der Waals surface area contributed by atoms with Gasteiger partial charge in [-0.2, -0.15) is 0 Å². The molecule has 3 N–H and O–H groups in total. The van der Waals surface area contributed by atoms with Crippen molar-refractivity contribution in [3.8, 4) is 0 Å². The maximum atomic E-state index is 12.3.